The summed E-state index contributed by atoms with van der Waals surface area (Å²) in [6.07, 6.45) is -4.37. The van der Waals surface area contributed by atoms with E-state index in [9.17, 15) is 31.1 Å². The Labute approximate surface area is 217 Å². The molecule has 11 nitrogen and oxygen atoms in total. The highest BCUT2D eigenvalue weighted by atomic mass is 19.4. The lowest BCUT2D eigenvalue weighted by Gasteiger charge is -2.19. The van der Waals surface area contributed by atoms with Crippen molar-refractivity contribution in [2.45, 2.75) is 31.9 Å². The summed E-state index contributed by atoms with van der Waals surface area (Å²) in [4.78, 5) is 37.1. The molecular formula is C22H25F6N5O6. The molecule has 4 rings (SSSR count). The highest BCUT2D eigenvalue weighted by Gasteiger charge is 2.47. The molecule has 0 aromatic carbocycles. The van der Waals surface area contributed by atoms with E-state index in [0.29, 0.717) is 6.61 Å². The number of nitrogens with one attached hydrogen (secondary N) is 1. The lowest BCUT2D eigenvalue weighted by atomic mass is 9.92. The maximum Gasteiger partial charge on any atom is 0.490 e. The number of nitrogens with zero attached hydrogens (tertiary/aromatic N) is 4. The summed E-state index contributed by atoms with van der Waals surface area (Å²) in [7, 11) is 1.92. The van der Waals surface area contributed by atoms with Crippen molar-refractivity contribution in [1.82, 2.24) is 19.7 Å². The van der Waals surface area contributed by atoms with Crippen LogP contribution in [0.3, 0.4) is 0 Å². The van der Waals surface area contributed by atoms with Crippen molar-refractivity contribution >= 4 is 23.5 Å². The number of hydrogen-bond donors (Lipinski definition) is 3. The van der Waals surface area contributed by atoms with E-state index in [4.69, 9.17) is 24.5 Å². The average Bonchev–Trinajstić information content (AvgIpc) is 3.51. The highest BCUT2D eigenvalue weighted by Crippen LogP contribution is 2.35. The van der Waals surface area contributed by atoms with Crippen molar-refractivity contribution in [1.29, 1.82) is 0 Å². The van der Waals surface area contributed by atoms with E-state index in [1.807, 2.05) is 43.2 Å². The number of carbonyl (C=O) groups is 3. The molecule has 17 heteroatoms. The van der Waals surface area contributed by atoms with Crippen LogP contribution in [0.2, 0.25) is 0 Å². The number of carboxylic acids is 2. The van der Waals surface area contributed by atoms with Crippen molar-refractivity contribution < 1.29 is 55.7 Å². The standard InChI is InChI=1S/C18H23N5O2.2C2HF3O2/c1-12-16(4-3-5-19-12)21-18(24)15-11-25-17-10-23(9-14(15)17)8-13-6-20-22(2)7-13;2*3-2(4,5)1(6)7/h3-7,14-15,17H,8-11H2,1-2H3,(H,21,24);2*(H,6,7)/t14-,15+,17-;;/m1../s1. The number of amides is 1. The fourth-order valence-electron chi connectivity index (χ4n) is 3.85. The molecule has 1 amide bonds. The molecule has 39 heavy (non-hydrogen) atoms. The molecule has 2 saturated heterocycles. The number of carbonyl (C=O) groups excluding carboxylic acids is 1. The van der Waals surface area contributed by atoms with Gasteiger partial charge in [0.15, 0.2) is 0 Å². The van der Waals surface area contributed by atoms with E-state index in [1.165, 1.54) is 5.56 Å². The largest absolute Gasteiger partial charge is 0.490 e. The highest BCUT2D eigenvalue weighted by molar-refractivity contribution is 5.93. The molecule has 4 heterocycles. The summed E-state index contributed by atoms with van der Waals surface area (Å²) in [5.41, 5.74) is 2.80. The fraction of sp³-hybridized carbons (Fsp3) is 0.500. The second kappa shape index (κ2) is 12.9. The van der Waals surface area contributed by atoms with Gasteiger partial charge in [0.05, 0.1) is 36.2 Å². The van der Waals surface area contributed by atoms with Gasteiger partial charge in [-0.05, 0) is 19.1 Å². The Kier molecular flexibility index (Phi) is 10.4. The molecule has 0 bridgehead atoms. The van der Waals surface area contributed by atoms with E-state index in [0.717, 1.165) is 31.0 Å². The number of hydrogen-bond acceptors (Lipinski definition) is 7. The van der Waals surface area contributed by atoms with Crippen LogP contribution in [0.1, 0.15) is 11.3 Å². The zero-order valence-corrected chi connectivity index (χ0v) is 20.5. The topological polar surface area (TPSA) is 147 Å². The van der Waals surface area contributed by atoms with Crippen LogP contribution in [0.5, 0.6) is 0 Å². The number of aryl methyl sites for hydroxylation is 2. The molecule has 0 unspecified atom stereocenters. The predicted octanol–water partition coefficient (Wildman–Crippen LogP) is 2.48. The van der Waals surface area contributed by atoms with Crippen LogP contribution in [0.4, 0.5) is 32.0 Å². The molecule has 2 aliphatic heterocycles. The normalized spacial score (nSPS) is 20.7. The molecule has 0 spiro atoms. The van der Waals surface area contributed by atoms with Crippen molar-refractivity contribution in [3.05, 3.63) is 42.0 Å². The van der Waals surface area contributed by atoms with Crippen molar-refractivity contribution in [2.24, 2.45) is 18.9 Å². The van der Waals surface area contributed by atoms with Crippen LogP contribution in [-0.2, 0) is 32.7 Å². The molecule has 2 fully saturated rings. The van der Waals surface area contributed by atoms with Gasteiger partial charge in [-0.25, -0.2) is 9.59 Å². The van der Waals surface area contributed by atoms with Gasteiger partial charge < -0.3 is 20.3 Å². The Morgan fingerprint density at radius 1 is 1.10 bits per heavy atom. The first-order valence-corrected chi connectivity index (χ1v) is 11.1. The van der Waals surface area contributed by atoms with E-state index in [2.05, 4.69) is 20.3 Å². The number of ether oxygens (including phenoxy) is 1. The maximum atomic E-state index is 12.7. The van der Waals surface area contributed by atoms with Crippen molar-refractivity contribution in [3.63, 3.8) is 0 Å². The van der Waals surface area contributed by atoms with Crippen molar-refractivity contribution in [2.75, 3.05) is 25.0 Å². The minimum absolute atomic E-state index is 0.0341. The number of alkyl halides is 6. The Balaban J connectivity index is 0.000000317. The van der Waals surface area contributed by atoms with Crippen LogP contribution >= 0.6 is 0 Å². The van der Waals surface area contributed by atoms with Gasteiger partial charge in [-0.2, -0.15) is 31.4 Å². The van der Waals surface area contributed by atoms with Gasteiger partial charge in [0.25, 0.3) is 0 Å². The third-order valence-electron chi connectivity index (χ3n) is 5.64. The summed E-state index contributed by atoms with van der Waals surface area (Å²) < 4.78 is 71.2. The van der Waals surface area contributed by atoms with Gasteiger partial charge >= 0.3 is 24.3 Å². The minimum Gasteiger partial charge on any atom is -0.475 e. The molecule has 3 atom stereocenters. The molecule has 216 valence electrons. The van der Waals surface area contributed by atoms with E-state index in [1.54, 1.807) is 6.20 Å². The SMILES string of the molecule is Cc1ncccc1NC(=O)[C@H]1CO[C@@H]2CN(Cc3cnn(C)c3)C[C@H]12.O=C(O)C(F)(F)F.O=C(O)C(F)(F)F. The van der Waals surface area contributed by atoms with E-state index in [-0.39, 0.29) is 23.8 Å². The van der Waals surface area contributed by atoms with Gasteiger partial charge in [0.1, 0.15) is 0 Å². The molecule has 0 radical (unpaired) electrons. The number of pyridine rings is 1. The number of anilines is 1. The monoisotopic (exact) mass is 569 g/mol. The van der Waals surface area contributed by atoms with Crippen LogP contribution in [-0.4, -0.2) is 85.9 Å². The van der Waals surface area contributed by atoms with Crippen molar-refractivity contribution in [3.8, 4) is 0 Å². The summed E-state index contributed by atoms with van der Waals surface area (Å²) in [5, 5.41) is 21.5. The molecule has 2 aromatic rings. The number of rotatable bonds is 4. The van der Waals surface area contributed by atoms with Crippen LogP contribution in [0.15, 0.2) is 30.7 Å². The summed E-state index contributed by atoms with van der Waals surface area (Å²) in [5.74, 6) is -5.34. The first-order valence-electron chi connectivity index (χ1n) is 11.1. The summed E-state index contributed by atoms with van der Waals surface area (Å²) in [6.45, 7) is 5.00. The number of fused-ring (bicyclic) bond motifs is 1. The summed E-state index contributed by atoms with van der Waals surface area (Å²) in [6, 6.07) is 3.72. The summed E-state index contributed by atoms with van der Waals surface area (Å²) >= 11 is 0. The number of aromatic nitrogens is 3. The number of carboxylic acid groups (broad SMARTS) is 2. The van der Waals surface area contributed by atoms with Crippen LogP contribution in [0, 0.1) is 18.8 Å². The predicted molar refractivity (Wildman–Crippen MR) is 120 cm³/mol. The zero-order chi connectivity index (χ0) is 29.5. The Hall–Kier alpha value is -3.73. The lowest BCUT2D eigenvalue weighted by molar-refractivity contribution is -0.193. The quantitative estimate of drug-likeness (QED) is 0.473. The van der Waals surface area contributed by atoms with Gasteiger partial charge in [0.2, 0.25) is 5.91 Å². The fourth-order valence-corrected chi connectivity index (χ4v) is 3.85. The minimum atomic E-state index is -5.08. The second-order valence-corrected chi connectivity index (χ2v) is 8.59. The lowest BCUT2D eigenvalue weighted by Crippen LogP contribution is -2.32. The Morgan fingerprint density at radius 3 is 2.18 bits per heavy atom. The van der Waals surface area contributed by atoms with Gasteiger partial charge in [0, 0.05) is 50.6 Å². The number of likely N-dealkylation sites (tertiary alicyclic amines) is 1. The molecule has 0 aliphatic carbocycles. The van der Waals surface area contributed by atoms with E-state index < -0.39 is 24.3 Å². The van der Waals surface area contributed by atoms with Crippen LogP contribution in [0.25, 0.3) is 0 Å². The molecule has 0 saturated carbocycles. The smallest absolute Gasteiger partial charge is 0.475 e. The van der Waals surface area contributed by atoms with Gasteiger partial charge in [-0.1, -0.05) is 0 Å². The van der Waals surface area contributed by atoms with Crippen LogP contribution < -0.4 is 5.32 Å². The average molecular weight is 569 g/mol. The Morgan fingerprint density at radius 2 is 1.69 bits per heavy atom. The van der Waals surface area contributed by atoms with Gasteiger partial charge in [-0.3, -0.25) is 19.4 Å². The zero-order valence-electron chi connectivity index (χ0n) is 20.5. The molecule has 3 N–H and O–H groups in total. The third kappa shape index (κ3) is 9.51. The number of halogens is 6. The first kappa shape index (κ1) is 31.5. The Bertz CT molecular complexity index is 1130. The second-order valence-electron chi connectivity index (χ2n) is 8.59. The first-order chi connectivity index (χ1) is 18.0. The molecule has 2 aliphatic rings. The van der Waals surface area contributed by atoms with Gasteiger partial charge in [-0.15, -0.1) is 0 Å². The number of aliphatic carboxylic acids is 2. The third-order valence-corrected chi connectivity index (χ3v) is 5.64. The molecular weight excluding hydrogens is 544 g/mol. The molecule has 2 aromatic heterocycles. The van der Waals surface area contributed by atoms with E-state index >= 15 is 0 Å². The maximum absolute atomic E-state index is 12.7.